The third-order valence-electron chi connectivity index (χ3n) is 5.29. The number of hydrogen-bond acceptors (Lipinski definition) is 7. The Balaban J connectivity index is 1.57. The number of ether oxygens (including phenoxy) is 2. The fourth-order valence-corrected chi connectivity index (χ4v) is 4.83. The third-order valence-corrected chi connectivity index (χ3v) is 6.45. The summed E-state index contributed by atoms with van der Waals surface area (Å²) < 4.78 is 11.1. The summed E-state index contributed by atoms with van der Waals surface area (Å²) in [5.74, 6) is 0.812. The van der Waals surface area contributed by atoms with Gasteiger partial charge in [0.2, 0.25) is 0 Å². The number of carbonyl (C=O) groups is 1. The maximum atomic E-state index is 12.7. The molecule has 34 heavy (non-hydrogen) atoms. The van der Waals surface area contributed by atoms with Gasteiger partial charge in [-0.05, 0) is 80.3 Å². The number of H-pyrrole nitrogens is 1. The normalized spacial score (nSPS) is 11.3. The van der Waals surface area contributed by atoms with Gasteiger partial charge in [0.25, 0.3) is 5.56 Å². The standard InChI is InChI=1S/C26H25N3O4S/c1-5-32-26(31)23-17(4)21-24(30)28-20(29-25(21)34-23)10-9-18-12-15(2)22(16(3)13-18)33-14-19-8-6-7-11-27-19/h6-13H,5,14H2,1-4H3,(H,28,29,30). The van der Waals surface area contributed by atoms with Crippen LogP contribution in [-0.4, -0.2) is 27.5 Å². The van der Waals surface area contributed by atoms with E-state index in [-0.39, 0.29) is 12.2 Å². The molecule has 0 unspecified atom stereocenters. The van der Waals surface area contributed by atoms with Gasteiger partial charge in [0.15, 0.2) is 0 Å². The molecule has 3 aromatic heterocycles. The number of pyridine rings is 1. The first-order valence-electron chi connectivity index (χ1n) is 10.9. The Hall–Kier alpha value is -3.78. The Kier molecular flexibility index (Phi) is 6.88. The van der Waals surface area contributed by atoms with Crippen molar-refractivity contribution in [2.75, 3.05) is 6.61 Å². The molecule has 0 aliphatic rings. The van der Waals surface area contributed by atoms with Crippen molar-refractivity contribution in [3.05, 3.63) is 85.5 Å². The Bertz CT molecular complexity index is 1410. The number of carbonyl (C=O) groups excluding carboxylic acids is 1. The molecule has 3 heterocycles. The molecule has 0 aliphatic carbocycles. The number of thiophene rings is 1. The molecule has 8 heteroatoms. The molecule has 174 valence electrons. The number of esters is 1. The molecule has 0 bridgehead atoms. The molecule has 4 aromatic rings. The minimum absolute atomic E-state index is 0.274. The van der Waals surface area contributed by atoms with Gasteiger partial charge in [0.05, 0.1) is 17.7 Å². The van der Waals surface area contributed by atoms with Crippen molar-refractivity contribution >= 4 is 39.7 Å². The number of aromatic amines is 1. The average molecular weight is 476 g/mol. The van der Waals surface area contributed by atoms with E-state index in [1.807, 2.05) is 50.3 Å². The van der Waals surface area contributed by atoms with Gasteiger partial charge < -0.3 is 14.5 Å². The minimum atomic E-state index is -0.434. The van der Waals surface area contributed by atoms with E-state index in [4.69, 9.17) is 9.47 Å². The van der Waals surface area contributed by atoms with E-state index in [1.54, 1.807) is 26.1 Å². The SMILES string of the molecule is CCOC(=O)c1sc2nc(C=Cc3cc(C)c(OCc4ccccn4)c(C)c3)[nH]c(=O)c2c1C. The fourth-order valence-electron chi connectivity index (χ4n) is 3.74. The third kappa shape index (κ3) is 4.92. The van der Waals surface area contributed by atoms with Crippen LogP contribution in [0.15, 0.2) is 41.3 Å². The molecule has 0 atom stereocenters. The van der Waals surface area contributed by atoms with Gasteiger partial charge >= 0.3 is 5.97 Å². The second-order valence-electron chi connectivity index (χ2n) is 7.83. The number of nitrogens with zero attached hydrogens (tertiary/aromatic N) is 2. The lowest BCUT2D eigenvalue weighted by atomic mass is 10.1. The molecular weight excluding hydrogens is 450 g/mol. The van der Waals surface area contributed by atoms with E-state index in [0.717, 1.165) is 28.1 Å². The molecule has 0 fully saturated rings. The number of benzene rings is 1. The Morgan fingerprint density at radius 2 is 1.91 bits per heavy atom. The average Bonchev–Trinajstić information content (AvgIpc) is 3.15. The van der Waals surface area contributed by atoms with Crippen molar-refractivity contribution in [1.29, 1.82) is 0 Å². The first-order chi connectivity index (χ1) is 16.4. The largest absolute Gasteiger partial charge is 0.487 e. The fraction of sp³-hybridized carbons (Fsp3) is 0.231. The first kappa shape index (κ1) is 23.4. The van der Waals surface area contributed by atoms with Gasteiger partial charge in [-0.3, -0.25) is 9.78 Å². The van der Waals surface area contributed by atoms with Gasteiger partial charge in [0, 0.05) is 6.20 Å². The van der Waals surface area contributed by atoms with Gasteiger partial charge in [0.1, 0.15) is 27.9 Å². The molecule has 0 radical (unpaired) electrons. The zero-order chi connectivity index (χ0) is 24.2. The van der Waals surface area contributed by atoms with Gasteiger partial charge in [-0.2, -0.15) is 0 Å². The predicted octanol–water partition coefficient (Wildman–Crippen LogP) is 5.23. The Labute approximate surface area is 201 Å². The summed E-state index contributed by atoms with van der Waals surface area (Å²) in [6.07, 6.45) is 5.39. The highest BCUT2D eigenvalue weighted by Gasteiger charge is 2.19. The van der Waals surface area contributed by atoms with E-state index < -0.39 is 5.97 Å². The zero-order valence-corrected chi connectivity index (χ0v) is 20.3. The van der Waals surface area contributed by atoms with Crippen molar-refractivity contribution in [3.63, 3.8) is 0 Å². The van der Waals surface area contributed by atoms with Crippen LogP contribution < -0.4 is 10.3 Å². The minimum Gasteiger partial charge on any atom is -0.487 e. The molecule has 1 aromatic carbocycles. The smallest absolute Gasteiger partial charge is 0.348 e. The summed E-state index contributed by atoms with van der Waals surface area (Å²) in [4.78, 5) is 37.4. The highest BCUT2D eigenvalue weighted by molar-refractivity contribution is 7.20. The predicted molar refractivity (Wildman–Crippen MR) is 134 cm³/mol. The summed E-state index contributed by atoms with van der Waals surface area (Å²) in [6, 6.07) is 9.77. The zero-order valence-electron chi connectivity index (χ0n) is 19.5. The second-order valence-corrected chi connectivity index (χ2v) is 8.83. The van der Waals surface area contributed by atoms with E-state index in [0.29, 0.717) is 33.1 Å². The van der Waals surface area contributed by atoms with Crippen molar-refractivity contribution < 1.29 is 14.3 Å². The van der Waals surface area contributed by atoms with Crippen molar-refractivity contribution in [2.45, 2.75) is 34.3 Å². The monoisotopic (exact) mass is 475 g/mol. The van der Waals surface area contributed by atoms with E-state index in [1.165, 1.54) is 11.3 Å². The number of hydrogen-bond donors (Lipinski definition) is 1. The molecule has 0 spiro atoms. The number of aromatic nitrogens is 3. The van der Waals surface area contributed by atoms with Crippen LogP contribution >= 0.6 is 11.3 Å². The lowest BCUT2D eigenvalue weighted by Crippen LogP contribution is -2.10. The highest BCUT2D eigenvalue weighted by atomic mass is 32.1. The van der Waals surface area contributed by atoms with Crippen LogP contribution in [0.5, 0.6) is 5.75 Å². The Morgan fingerprint density at radius 1 is 1.15 bits per heavy atom. The van der Waals surface area contributed by atoms with Crippen molar-refractivity contribution in [3.8, 4) is 5.75 Å². The van der Waals surface area contributed by atoms with Gasteiger partial charge in [-0.1, -0.05) is 12.1 Å². The van der Waals surface area contributed by atoms with Crippen LogP contribution in [0.4, 0.5) is 0 Å². The molecule has 4 rings (SSSR count). The summed E-state index contributed by atoms with van der Waals surface area (Å²) in [5.41, 5.74) is 4.14. The topological polar surface area (TPSA) is 94.2 Å². The van der Waals surface area contributed by atoms with Crippen LogP contribution in [0.25, 0.3) is 22.4 Å². The number of fused-ring (bicyclic) bond motifs is 1. The molecule has 0 saturated heterocycles. The molecule has 0 saturated carbocycles. The maximum absolute atomic E-state index is 12.7. The molecule has 0 aliphatic heterocycles. The van der Waals surface area contributed by atoms with E-state index >= 15 is 0 Å². The lowest BCUT2D eigenvalue weighted by Gasteiger charge is -2.13. The molecule has 7 nitrogen and oxygen atoms in total. The second kappa shape index (κ2) is 10.0. The number of nitrogens with one attached hydrogen (secondary N) is 1. The van der Waals surface area contributed by atoms with Crippen LogP contribution in [0.2, 0.25) is 0 Å². The highest BCUT2D eigenvalue weighted by Crippen LogP contribution is 2.29. The first-order valence-corrected chi connectivity index (χ1v) is 11.7. The van der Waals surface area contributed by atoms with Gasteiger partial charge in [-0.25, -0.2) is 9.78 Å². The summed E-state index contributed by atoms with van der Waals surface area (Å²) in [6.45, 7) is 8.15. The maximum Gasteiger partial charge on any atom is 0.348 e. The summed E-state index contributed by atoms with van der Waals surface area (Å²) in [5, 5.41) is 0.422. The Morgan fingerprint density at radius 3 is 2.59 bits per heavy atom. The van der Waals surface area contributed by atoms with Crippen LogP contribution in [-0.2, 0) is 11.3 Å². The molecule has 0 amide bonds. The molecular formula is C26H25N3O4S. The van der Waals surface area contributed by atoms with Crippen molar-refractivity contribution in [2.24, 2.45) is 0 Å². The van der Waals surface area contributed by atoms with Crippen LogP contribution in [0.1, 0.15) is 50.4 Å². The number of aryl methyl sites for hydroxylation is 3. The summed E-state index contributed by atoms with van der Waals surface area (Å²) in [7, 11) is 0. The van der Waals surface area contributed by atoms with Crippen LogP contribution in [0, 0.1) is 20.8 Å². The van der Waals surface area contributed by atoms with Crippen molar-refractivity contribution in [1.82, 2.24) is 15.0 Å². The quantitative estimate of drug-likeness (QED) is 0.368. The lowest BCUT2D eigenvalue weighted by molar-refractivity contribution is 0.0531. The number of rotatable bonds is 7. The van der Waals surface area contributed by atoms with Gasteiger partial charge in [-0.15, -0.1) is 11.3 Å². The summed E-state index contributed by atoms with van der Waals surface area (Å²) >= 11 is 1.17. The molecule has 1 N–H and O–H groups in total. The van der Waals surface area contributed by atoms with E-state index in [9.17, 15) is 9.59 Å². The van der Waals surface area contributed by atoms with E-state index in [2.05, 4.69) is 15.0 Å². The van der Waals surface area contributed by atoms with Crippen LogP contribution in [0.3, 0.4) is 0 Å².